The average molecular weight is 283 g/mol. The fraction of sp³-hybridized carbons (Fsp3) is 0.538. The van der Waals surface area contributed by atoms with Crippen LogP contribution < -0.4 is 10.0 Å². The first-order valence-electron chi connectivity index (χ1n) is 6.72. The Kier molecular flexibility index (Phi) is 4.31. The molecule has 0 unspecified atom stereocenters. The van der Waals surface area contributed by atoms with Crippen molar-refractivity contribution in [3.05, 3.63) is 23.8 Å². The molecular weight excluding hydrogens is 262 g/mol. The molecule has 0 radical (unpaired) electrons. The molecule has 1 heterocycles. The Labute approximate surface area is 115 Å². The second kappa shape index (κ2) is 5.79. The summed E-state index contributed by atoms with van der Waals surface area (Å²) in [5.41, 5.74) is 2.78. The predicted molar refractivity (Wildman–Crippen MR) is 78.7 cm³/mol. The fourth-order valence-corrected chi connectivity index (χ4v) is 3.65. The third-order valence-corrected chi connectivity index (χ3v) is 5.05. The summed E-state index contributed by atoms with van der Waals surface area (Å²) in [6, 6.07) is 5.69. The van der Waals surface area contributed by atoms with Gasteiger partial charge in [-0.25, -0.2) is 0 Å². The molecule has 0 saturated carbocycles. The standard InChI is InChI=1S/C13H21N3O2S/c1-3-16(4-2)19(17,18)15-13-9-5-8-12-11(13)7-6-10-14-12/h5,8-9,14-15H,3-4,6-7,10H2,1-2H3. The molecule has 106 valence electrons. The van der Waals surface area contributed by atoms with Crippen LogP contribution in [0, 0.1) is 0 Å². The maximum Gasteiger partial charge on any atom is 0.301 e. The molecule has 0 fully saturated rings. The van der Waals surface area contributed by atoms with Gasteiger partial charge in [0.15, 0.2) is 0 Å². The Balaban J connectivity index is 2.29. The summed E-state index contributed by atoms with van der Waals surface area (Å²) in [4.78, 5) is 0. The van der Waals surface area contributed by atoms with Crippen LogP contribution >= 0.6 is 0 Å². The van der Waals surface area contributed by atoms with Gasteiger partial charge in [-0.15, -0.1) is 0 Å². The predicted octanol–water partition coefficient (Wildman–Crippen LogP) is 2.04. The Hall–Kier alpha value is -1.27. The number of rotatable bonds is 5. The number of hydrogen-bond acceptors (Lipinski definition) is 3. The van der Waals surface area contributed by atoms with Gasteiger partial charge in [-0.2, -0.15) is 12.7 Å². The van der Waals surface area contributed by atoms with Crippen LogP contribution in [0.15, 0.2) is 18.2 Å². The van der Waals surface area contributed by atoms with Gasteiger partial charge in [-0.3, -0.25) is 4.72 Å². The van der Waals surface area contributed by atoms with Crippen molar-refractivity contribution in [1.29, 1.82) is 0 Å². The van der Waals surface area contributed by atoms with Crippen LogP contribution in [0.5, 0.6) is 0 Å². The molecule has 2 N–H and O–H groups in total. The first kappa shape index (κ1) is 14.1. The summed E-state index contributed by atoms with van der Waals surface area (Å²) in [7, 11) is -3.45. The Morgan fingerprint density at radius 3 is 2.74 bits per heavy atom. The van der Waals surface area contributed by atoms with Gasteiger partial charge in [0, 0.05) is 25.3 Å². The molecule has 0 amide bonds. The van der Waals surface area contributed by atoms with E-state index in [9.17, 15) is 8.42 Å². The maximum atomic E-state index is 12.2. The van der Waals surface area contributed by atoms with E-state index in [-0.39, 0.29) is 0 Å². The molecule has 0 bridgehead atoms. The molecule has 1 aromatic carbocycles. The number of nitrogens with zero attached hydrogens (tertiary/aromatic N) is 1. The maximum absolute atomic E-state index is 12.2. The van der Waals surface area contributed by atoms with E-state index in [2.05, 4.69) is 10.0 Å². The highest BCUT2D eigenvalue weighted by Crippen LogP contribution is 2.29. The number of hydrogen-bond donors (Lipinski definition) is 2. The van der Waals surface area contributed by atoms with Gasteiger partial charge in [0.1, 0.15) is 0 Å². The third-order valence-electron chi connectivity index (χ3n) is 3.38. The average Bonchev–Trinajstić information content (AvgIpc) is 2.40. The first-order chi connectivity index (χ1) is 9.08. The molecule has 1 aromatic rings. The van der Waals surface area contributed by atoms with E-state index in [0.29, 0.717) is 18.8 Å². The van der Waals surface area contributed by atoms with Gasteiger partial charge in [0.2, 0.25) is 0 Å². The summed E-state index contributed by atoms with van der Waals surface area (Å²) in [6.45, 7) is 5.56. The van der Waals surface area contributed by atoms with Crippen LogP contribution in [-0.4, -0.2) is 32.4 Å². The van der Waals surface area contributed by atoms with Crippen molar-refractivity contribution in [2.75, 3.05) is 29.7 Å². The van der Waals surface area contributed by atoms with E-state index in [1.807, 2.05) is 32.0 Å². The summed E-state index contributed by atoms with van der Waals surface area (Å²) in [5.74, 6) is 0. The first-order valence-corrected chi connectivity index (χ1v) is 8.16. The van der Waals surface area contributed by atoms with Crippen molar-refractivity contribution in [2.45, 2.75) is 26.7 Å². The van der Waals surface area contributed by atoms with Crippen molar-refractivity contribution < 1.29 is 8.42 Å². The SMILES string of the molecule is CCN(CC)S(=O)(=O)Nc1cccc2c1CCCN2. The number of anilines is 2. The molecule has 0 aromatic heterocycles. The Bertz CT molecular complexity index is 539. The van der Waals surface area contributed by atoms with Crippen LogP contribution in [0.4, 0.5) is 11.4 Å². The molecule has 19 heavy (non-hydrogen) atoms. The second-order valence-electron chi connectivity index (χ2n) is 4.55. The lowest BCUT2D eigenvalue weighted by Crippen LogP contribution is -2.35. The largest absolute Gasteiger partial charge is 0.385 e. The van der Waals surface area contributed by atoms with Gasteiger partial charge >= 0.3 is 10.2 Å². The minimum atomic E-state index is -3.45. The molecule has 1 aliphatic heterocycles. The van der Waals surface area contributed by atoms with E-state index in [0.717, 1.165) is 30.6 Å². The van der Waals surface area contributed by atoms with Crippen molar-refractivity contribution in [3.63, 3.8) is 0 Å². The zero-order valence-corrected chi connectivity index (χ0v) is 12.3. The fourth-order valence-electron chi connectivity index (χ4n) is 2.37. The van der Waals surface area contributed by atoms with Gasteiger partial charge in [-0.05, 0) is 30.5 Å². The molecule has 6 heteroatoms. The third kappa shape index (κ3) is 3.01. The lowest BCUT2D eigenvalue weighted by molar-refractivity contribution is 0.449. The molecule has 0 aliphatic carbocycles. The Morgan fingerprint density at radius 2 is 2.05 bits per heavy atom. The van der Waals surface area contributed by atoms with Gasteiger partial charge in [-0.1, -0.05) is 19.9 Å². The van der Waals surface area contributed by atoms with E-state index in [4.69, 9.17) is 0 Å². The number of fused-ring (bicyclic) bond motifs is 1. The summed E-state index contributed by atoms with van der Waals surface area (Å²) < 4.78 is 28.6. The normalized spacial score (nSPS) is 14.9. The zero-order chi connectivity index (χ0) is 13.9. The second-order valence-corrected chi connectivity index (χ2v) is 6.22. The number of benzene rings is 1. The molecule has 0 spiro atoms. The molecular formula is C13H21N3O2S. The van der Waals surface area contributed by atoms with E-state index >= 15 is 0 Å². The van der Waals surface area contributed by atoms with Crippen molar-refractivity contribution in [3.8, 4) is 0 Å². The summed E-state index contributed by atoms with van der Waals surface area (Å²) in [5, 5.41) is 3.30. The summed E-state index contributed by atoms with van der Waals surface area (Å²) in [6.07, 6.45) is 1.93. The van der Waals surface area contributed by atoms with Crippen LogP contribution in [0.2, 0.25) is 0 Å². The Morgan fingerprint density at radius 1 is 1.32 bits per heavy atom. The van der Waals surface area contributed by atoms with Crippen molar-refractivity contribution in [2.24, 2.45) is 0 Å². The topological polar surface area (TPSA) is 61.4 Å². The van der Waals surface area contributed by atoms with Crippen LogP contribution in [0.3, 0.4) is 0 Å². The van der Waals surface area contributed by atoms with Crippen molar-refractivity contribution >= 4 is 21.6 Å². The molecule has 5 nitrogen and oxygen atoms in total. The van der Waals surface area contributed by atoms with Crippen LogP contribution in [0.25, 0.3) is 0 Å². The van der Waals surface area contributed by atoms with Gasteiger partial charge < -0.3 is 5.32 Å². The molecule has 0 atom stereocenters. The van der Waals surface area contributed by atoms with Gasteiger partial charge in [0.05, 0.1) is 5.69 Å². The van der Waals surface area contributed by atoms with Crippen LogP contribution in [-0.2, 0) is 16.6 Å². The van der Waals surface area contributed by atoms with E-state index < -0.39 is 10.2 Å². The van der Waals surface area contributed by atoms with Gasteiger partial charge in [0.25, 0.3) is 0 Å². The highest BCUT2D eigenvalue weighted by atomic mass is 32.2. The zero-order valence-electron chi connectivity index (χ0n) is 11.4. The lowest BCUT2D eigenvalue weighted by Gasteiger charge is -2.24. The quantitative estimate of drug-likeness (QED) is 0.869. The lowest BCUT2D eigenvalue weighted by atomic mass is 10.0. The monoisotopic (exact) mass is 283 g/mol. The van der Waals surface area contributed by atoms with Crippen LogP contribution in [0.1, 0.15) is 25.8 Å². The van der Waals surface area contributed by atoms with E-state index in [1.54, 1.807) is 0 Å². The van der Waals surface area contributed by atoms with Crippen molar-refractivity contribution in [1.82, 2.24) is 4.31 Å². The van der Waals surface area contributed by atoms with E-state index in [1.165, 1.54) is 4.31 Å². The molecule has 0 saturated heterocycles. The minimum Gasteiger partial charge on any atom is -0.385 e. The summed E-state index contributed by atoms with van der Waals surface area (Å²) >= 11 is 0. The smallest absolute Gasteiger partial charge is 0.301 e. The molecule has 1 aliphatic rings. The number of nitrogens with one attached hydrogen (secondary N) is 2. The molecule has 2 rings (SSSR count). The highest BCUT2D eigenvalue weighted by Gasteiger charge is 2.21. The minimum absolute atomic E-state index is 0.471. The highest BCUT2D eigenvalue weighted by molar-refractivity contribution is 7.90.